The first-order chi connectivity index (χ1) is 8.21. The molecular formula is C15H20O2. The van der Waals surface area contributed by atoms with Gasteiger partial charge in [-0.1, -0.05) is 25.7 Å². The van der Waals surface area contributed by atoms with E-state index >= 15 is 0 Å². The molecule has 0 amide bonds. The van der Waals surface area contributed by atoms with Gasteiger partial charge in [-0.25, -0.2) is 0 Å². The summed E-state index contributed by atoms with van der Waals surface area (Å²) in [7, 11) is 0. The highest BCUT2D eigenvalue weighted by atomic mass is 16.5. The molecule has 2 nitrogen and oxygen atoms in total. The van der Waals surface area contributed by atoms with Gasteiger partial charge in [0.1, 0.15) is 12.4 Å². The number of hydrogen-bond donors (Lipinski definition) is 1. The molecule has 0 aromatic heterocycles. The highest BCUT2D eigenvalue weighted by Crippen LogP contribution is 2.19. The molecule has 0 bridgehead atoms. The molecule has 1 aromatic rings. The summed E-state index contributed by atoms with van der Waals surface area (Å²) in [6.45, 7) is 6.15. The fraction of sp³-hybridized carbons (Fsp3) is 0.467. The summed E-state index contributed by atoms with van der Waals surface area (Å²) in [5, 5.41) is 8.66. The maximum absolute atomic E-state index is 8.66. The Balaban J connectivity index is 2.81. The van der Waals surface area contributed by atoms with Crippen molar-refractivity contribution >= 4 is 0 Å². The van der Waals surface area contributed by atoms with Gasteiger partial charge in [0.05, 0.1) is 6.10 Å². The summed E-state index contributed by atoms with van der Waals surface area (Å²) in [5.74, 6) is 6.46. The van der Waals surface area contributed by atoms with E-state index in [0.29, 0.717) is 0 Å². The average molecular weight is 232 g/mol. The van der Waals surface area contributed by atoms with Gasteiger partial charge in [0.25, 0.3) is 0 Å². The van der Waals surface area contributed by atoms with E-state index < -0.39 is 0 Å². The lowest BCUT2D eigenvalue weighted by molar-refractivity contribution is 0.193. The molecule has 0 unspecified atom stereocenters. The first-order valence-electron chi connectivity index (χ1n) is 6.08. The van der Waals surface area contributed by atoms with E-state index in [9.17, 15) is 0 Å². The molecular weight excluding hydrogens is 212 g/mol. The van der Waals surface area contributed by atoms with Crippen LogP contribution in [-0.4, -0.2) is 17.8 Å². The zero-order chi connectivity index (χ0) is 12.7. The van der Waals surface area contributed by atoms with Gasteiger partial charge in [-0.05, 0) is 43.5 Å². The molecule has 0 fully saturated rings. The monoisotopic (exact) mass is 232 g/mol. The van der Waals surface area contributed by atoms with Crippen molar-refractivity contribution in [3.63, 3.8) is 0 Å². The molecule has 17 heavy (non-hydrogen) atoms. The van der Waals surface area contributed by atoms with Crippen LogP contribution in [0.25, 0.3) is 0 Å². The molecule has 0 atom stereocenters. The van der Waals surface area contributed by atoms with Crippen LogP contribution >= 0.6 is 0 Å². The molecule has 1 aromatic carbocycles. The summed E-state index contributed by atoms with van der Waals surface area (Å²) < 4.78 is 5.86. The van der Waals surface area contributed by atoms with Gasteiger partial charge in [0.15, 0.2) is 0 Å². The summed E-state index contributed by atoms with van der Waals surface area (Å²) in [5.41, 5.74) is 2.02. The van der Waals surface area contributed by atoms with Crippen molar-refractivity contribution in [3.8, 4) is 17.6 Å². The van der Waals surface area contributed by atoms with Gasteiger partial charge in [-0.15, -0.1) is 0 Å². The lowest BCUT2D eigenvalue weighted by Gasteiger charge is -2.16. The Labute approximate surface area is 104 Å². The first kappa shape index (κ1) is 13.6. The number of hydrogen-bond acceptors (Lipinski definition) is 2. The molecule has 0 radical (unpaired) electrons. The van der Waals surface area contributed by atoms with Crippen LogP contribution in [0.2, 0.25) is 0 Å². The topological polar surface area (TPSA) is 29.5 Å². The second-order valence-corrected chi connectivity index (χ2v) is 3.99. The Morgan fingerprint density at radius 2 is 2.00 bits per heavy atom. The standard InChI is InChI=1S/C15H20O2/c1-4-14(5-2)17-15-9-8-13(7-6-10-16)12(3)11-15/h8-9,11,14,16H,4-5,10H2,1-3H3. The predicted molar refractivity (Wildman–Crippen MR) is 70.1 cm³/mol. The minimum Gasteiger partial charge on any atom is -0.490 e. The summed E-state index contributed by atoms with van der Waals surface area (Å²) in [6.07, 6.45) is 2.31. The molecule has 0 aliphatic rings. The third kappa shape index (κ3) is 4.13. The van der Waals surface area contributed by atoms with Crippen molar-refractivity contribution < 1.29 is 9.84 Å². The Morgan fingerprint density at radius 3 is 2.53 bits per heavy atom. The SMILES string of the molecule is CCC(CC)Oc1ccc(C#CCO)c(C)c1. The number of ether oxygens (including phenoxy) is 1. The van der Waals surface area contributed by atoms with Crippen molar-refractivity contribution in [3.05, 3.63) is 29.3 Å². The highest BCUT2D eigenvalue weighted by Gasteiger charge is 2.05. The fourth-order valence-electron chi connectivity index (χ4n) is 1.63. The van der Waals surface area contributed by atoms with E-state index in [2.05, 4.69) is 25.7 Å². The Bertz CT molecular complexity index is 409. The minimum atomic E-state index is -0.106. The van der Waals surface area contributed by atoms with E-state index in [-0.39, 0.29) is 12.7 Å². The number of rotatable bonds is 4. The molecule has 1 N–H and O–H groups in total. The molecule has 1 rings (SSSR count). The maximum atomic E-state index is 8.66. The number of aliphatic hydroxyl groups excluding tert-OH is 1. The molecule has 0 aliphatic carbocycles. The second kappa shape index (κ2) is 6.98. The molecule has 0 saturated carbocycles. The van der Waals surface area contributed by atoms with E-state index in [1.54, 1.807) is 0 Å². The molecule has 0 heterocycles. The van der Waals surface area contributed by atoms with Crippen molar-refractivity contribution in [2.75, 3.05) is 6.61 Å². The van der Waals surface area contributed by atoms with Crippen LogP contribution in [-0.2, 0) is 0 Å². The van der Waals surface area contributed by atoms with Crippen molar-refractivity contribution in [2.24, 2.45) is 0 Å². The van der Waals surface area contributed by atoms with Gasteiger partial charge in [0.2, 0.25) is 0 Å². The summed E-state index contributed by atoms with van der Waals surface area (Å²) >= 11 is 0. The van der Waals surface area contributed by atoms with Crippen LogP contribution in [0.1, 0.15) is 37.8 Å². The molecule has 0 aliphatic heterocycles. The van der Waals surface area contributed by atoms with Crippen molar-refractivity contribution in [1.29, 1.82) is 0 Å². The van der Waals surface area contributed by atoms with Crippen LogP contribution in [0.15, 0.2) is 18.2 Å². The second-order valence-electron chi connectivity index (χ2n) is 3.99. The number of benzene rings is 1. The zero-order valence-electron chi connectivity index (χ0n) is 10.8. The van der Waals surface area contributed by atoms with E-state index in [1.807, 2.05) is 25.1 Å². The lowest BCUT2D eigenvalue weighted by atomic mass is 10.1. The van der Waals surface area contributed by atoms with Gasteiger partial charge >= 0.3 is 0 Å². The first-order valence-corrected chi connectivity index (χ1v) is 6.08. The Hall–Kier alpha value is -1.46. The summed E-state index contributed by atoms with van der Waals surface area (Å²) in [6, 6.07) is 5.88. The Kier molecular flexibility index (Phi) is 5.59. The van der Waals surface area contributed by atoms with Crippen molar-refractivity contribution in [1.82, 2.24) is 0 Å². The number of aryl methyl sites for hydroxylation is 1. The highest BCUT2D eigenvalue weighted by molar-refractivity contribution is 5.44. The van der Waals surface area contributed by atoms with Crippen LogP contribution < -0.4 is 4.74 Å². The van der Waals surface area contributed by atoms with Gasteiger partial charge in [-0.2, -0.15) is 0 Å². The van der Waals surface area contributed by atoms with Crippen LogP contribution in [0.5, 0.6) is 5.75 Å². The largest absolute Gasteiger partial charge is 0.490 e. The number of aliphatic hydroxyl groups is 1. The van der Waals surface area contributed by atoms with Crippen LogP contribution in [0, 0.1) is 18.8 Å². The van der Waals surface area contributed by atoms with Crippen LogP contribution in [0.4, 0.5) is 0 Å². The third-order valence-corrected chi connectivity index (χ3v) is 2.71. The average Bonchev–Trinajstić information content (AvgIpc) is 2.35. The fourth-order valence-corrected chi connectivity index (χ4v) is 1.63. The van der Waals surface area contributed by atoms with Gasteiger partial charge in [0, 0.05) is 5.56 Å². The maximum Gasteiger partial charge on any atom is 0.120 e. The third-order valence-electron chi connectivity index (χ3n) is 2.71. The molecule has 0 saturated heterocycles. The minimum absolute atomic E-state index is 0.106. The predicted octanol–water partition coefficient (Wildman–Crippen LogP) is 2.91. The molecule has 92 valence electrons. The lowest BCUT2D eigenvalue weighted by Crippen LogP contribution is -2.13. The van der Waals surface area contributed by atoms with E-state index in [0.717, 1.165) is 29.7 Å². The van der Waals surface area contributed by atoms with Crippen LogP contribution in [0.3, 0.4) is 0 Å². The smallest absolute Gasteiger partial charge is 0.120 e. The Morgan fingerprint density at radius 1 is 1.29 bits per heavy atom. The normalized spacial score (nSPS) is 9.94. The van der Waals surface area contributed by atoms with E-state index in [1.165, 1.54) is 0 Å². The van der Waals surface area contributed by atoms with E-state index in [4.69, 9.17) is 9.84 Å². The summed E-state index contributed by atoms with van der Waals surface area (Å²) in [4.78, 5) is 0. The quantitative estimate of drug-likeness (QED) is 0.809. The van der Waals surface area contributed by atoms with Gasteiger partial charge < -0.3 is 9.84 Å². The molecule has 2 heteroatoms. The van der Waals surface area contributed by atoms with Crippen molar-refractivity contribution in [2.45, 2.75) is 39.7 Å². The molecule has 0 spiro atoms. The van der Waals surface area contributed by atoms with Gasteiger partial charge in [-0.3, -0.25) is 0 Å². The zero-order valence-corrected chi connectivity index (χ0v) is 10.8.